The Labute approximate surface area is 197 Å². The fourth-order valence-corrected chi connectivity index (χ4v) is 3.70. The predicted molar refractivity (Wildman–Crippen MR) is 113 cm³/mol. The highest BCUT2D eigenvalue weighted by molar-refractivity contribution is 6.30. The molecule has 0 radical (unpaired) electrons. The van der Waals surface area contributed by atoms with Gasteiger partial charge in [-0.25, -0.2) is 4.39 Å². The van der Waals surface area contributed by atoms with Crippen molar-refractivity contribution >= 4 is 29.2 Å². The number of allylic oxidation sites excluding steroid dienone is 2. The van der Waals surface area contributed by atoms with Gasteiger partial charge in [0.05, 0.1) is 5.92 Å². The lowest BCUT2D eigenvalue weighted by molar-refractivity contribution is -0.149. The number of benzene rings is 2. The maximum Gasteiger partial charge on any atom is 0.426 e. The topological polar surface area (TPSA) is 59.3 Å². The molecule has 2 aromatic rings. The van der Waals surface area contributed by atoms with Gasteiger partial charge in [-0.2, -0.15) is 18.4 Å². The first-order chi connectivity index (χ1) is 15.3. The minimum Gasteiger partial charge on any atom is -0.454 e. The van der Waals surface area contributed by atoms with E-state index in [1.54, 1.807) is 32.0 Å². The van der Waals surface area contributed by atoms with E-state index in [0.29, 0.717) is 5.02 Å². The molecule has 174 valence electrons. The molecule has 0 spiro atoms. The lowest BCUT2D eigenvalue weighted by Crippen LogP contribution is -2.15. The molecule has 0 amide bonds. The van der Waals surface area contributed by atoms with E-state index in [2.05, 4.69) is 0 Å². The molecule has 0 bridgehead atoms. The Balaban J connectivity index is 1.76. The number of hydrogen-bond donors (Lipinski definition) is 0. The number of alkyl halides is 3. The van der Waals surface area contributed by atoms with Crippen molar-refractivity contribution in [2.24, 2.45) is 17.3 Å². The summed E-state index contributed by atoms with van der Waals surface area (Å²) in [7, 11) is 0. The van der Waals surface area contributed by atoms with Gasteiger partial charge in [0, 0.05) is 10.6 Å². The number of hydrogen-bond acceptors (Lipinski definition) is 4. The number of rotatable bonds is 6. The van der Waals surface area contributed by atoms with E-state index in [-0.39, 0.29) is 17.1 Å². The van der Waals surface area contributed by atoms with Crippen LogP contribution in [0.2, 0.25) is 5.02 Å². The predicted octanol–water partition coefficient (Wildman–Crippen LogP) is 7.34. The average molecular weight is 502 g/mol. The van der Waals surface area contributed by atoms with Crippen LogP contribution in [0.1, 0.15) is 25.5 Å². The molecule has 4 nitrogen and oxygen atoms in total. The summed E-state index contributed by atoms with van der Waals surface area (Å²) in [5, 5.41) is 8.64. The van der Waals surface area contributed by atoms with Crippen molar-refractivity contribution in [1.29, 1.82) is 5.26 Å². The number of esters is 1. The molecule has 1 fully saturated rings. The van der Waals surface area contributed by atoms with Gasteiger partial charge in [-0.1, -0.05) is 49.2 Å². The first kappa shape index (κ1) is 24.9. The largest absolute Gasteiger partial charge is 0.454 e. The van der Waals surface area contributed by atoms with Crippen LogP contribution in [0.3, 0.4) is 0 Å². The smallest absolute Gasteiger partial charge is 0.426 e. The Bertz CT molecular complexity index is 1120. The molecule has 10 heteroatoms. The fourth-order valence-electron chi connectivity index (χ4n) is 3.44. The molecular weight excluding hydrogens is 485 g/mol. The number of nitrogens with zero attached hydrogens (tertiary/aromatic N) is 1. The maximum atomic E-state index is 14.2. The van der Waals surface area contributed by atoms with Crippen LogP contribution in [-0.4, -0.2) is 12.1 Å². The van der Waals surface area contributed by atoms with Gasteiger partial charge in [0.15, 0.2) is 11.6 Å². The van der Waals surface area contributed by atoms with Crippen molar-refractivity contribution in [3.63, 3.8) is 0 Å². The average Bonchev–Trinajstić information content (AvgIpc) is 3.28. The summed E-state index contributed by atoms with van der Waals surface area (Å²) in [6, 6.07) is 11.4. The van der Waals surface area contributed by atoms with Crippen LogP contribution in [-0.2, 0) is 9.53 Å². The second kappa shape index (κ2) is 9.24. The van der Waals surface area contributed by atoms with Crippen LogP contribution in [0, 0.1) is 34.4 Å². The standard InChI is InChI=1S/C23H17Cl2F4NO3/c1-22(2)15(10-19(25)23(27,28)29)20(22)21(31)33-18(11-30)12-3-8-16(26)17(9-12)32-14-6-4-13(24)5-7-14/h3-10,15,18,20H,1-2H3/b19-10-. The molecule has 0 N–H and O–H groups in total. The zero-order valence-electron chi connectivity index (χ0n) is 17.3. The van der Waals surface area contributed by atoms with Crippen molar-refractivity contribution in [2.75, 3.05) is 0 Å². The van der Waals surface area contributed by atoms with Crippen LogP contribution in [0.4, 0.5) is 17.6 Å². The first-order valence-corrected chi connectivity index (χ1v) is 10.4. The van der Waals surface area contributed by atoms with Gasteiger partial charge in [0.25, 0.3) is 0 Å². The molecule has 3 atom stereocenters. The Morgan fingerprint density at radius 3 is 2.42 bits per heavy atom. The quantitative estimate of drug-likeness (QED) is 0.307. The van der Waals surface area contributed by atoms with Gasteiger partial charge >= 0.3 is 12.1 Å². The third kappa shape index (κ3) is 5.60. The molecule has 1 aliphatic rings. The zero-order chi connectivity index (χ0) is 24.6. The number of nitriles is 1. The Morgan fingerprint density at radius 1 is 1.21 bits per heavy atom. The van der Waals surface area contributed by atoms with Crippen LogP contribution < -0.4 is 4.74 Å². The molecule has 0 heterocycles. The molecule has 1 aliphatic carbocycles. The minimum atomic E-state index is -4.72. The number of carbonyl (C=O) groups excluding carboxylic acids is 1. The third-order valence-electron chi connectivity index (χ3n) is 5.41. The van der Waals surface area contributed by atoms with Crippen LogP contribution >= 0.6 is 23.2 Å². The second-order valence-electron chi connectivity index (χ2n) is 8.03. The van der Waals surface area contributed by atoms with E-state index in [4.69, 9.17) is 32.7 Å². The van der Waals surface area contributed by atoms with Crippen molar-refractivity contribution in [3.8, 4) is 17.6 Å². The maximum absolute atomic E-state index is 14.2. The summed E-state index contributed by atoms with van der Waals surface area (Å²) in [5.41, 5.74) is -0.705. The summed E-state index contributed by atoms with van der Waals surface area (Å²) in [4.78, 5) is 12.6. The van der Waals surface area contributed by atoms with Gasteiger partial charge in [-0.3, -0.25) is 4.79 Å². The molecule has 2 aromatic carbocycles. The van der Waals surface area contributed by atoms with Gasteiger partial charge in [-0.05, 0) is 47.7 Å². The SMILES string of the molecule is CC1(C)C(/C=C(\Cl)C(F)(F)F)C1C(=O)OC(C#N)c1ccc(F)c(Oc2ccc(Cl)cc2)c1. The Morgan fingerprint density at radius 2 is 1.85 bits per heavy atom. The van der Waals surface area contributed by atoms with Crippen LogP contribution in [0.25, 0.3) is 0 Å². The van der Waals surface area contributed by atoms with E-state index < -0.39 is 46.3 Å². The van der Waals surface area contributed by atoms with E-state index >= 15 is 0 Å². The lowest BCUT2D eigenvalue weighted by atomic mass is 10.1. The fraction of sp³-hybridized carbons (Fsp3) is 0.304. The Kier molecular flexibility index (Phi) is 6.96. The van der Waals surface area contributed by atoms with E-state index in [9.17, 15) is 27.6 Å². The lowest BCUT2D eigenvalue weighted by Gasteiger charge is -2.14. The van der Waals surface area contributed by atoms with Crippen molar-refractivity contribution in [3.05, 3.63) is 70.0 Å². The summed E-state index contributed by atoms with van der Waals surface area (Å²) < 4.78 is 63.2. The molecule has 1 saturated carbocycles. The molecule has 0 aliphatic heterocycles. The van der Waals surface area contributed by atoms with Crippen LogP contribution in [0.5, 0.6) is 11.5 Å². The van der Waals surface area contributed by atoms with Crippen molar-refractivity contribution in [2.45, 2.75) is 26.1 Å². The highest BCUT2D eigenvalue weighted by atomic mass is 35.5. The third-order valence-corrected chi connectivity index (χ3v) is 6.00. The van der Waals surface area contributed by atoms with Gasteiger partial charge in [-0.15, -0.1) is 0 Å². The van der Waals surface area contributed by atoms with E-state index in [0.717, 1.165) is 12.1 Å². The second-order valence-corrected chi connectivity index (χ2v) is 8.87. The highest BCUT2D eigenvalue weighted by Crippen LogP contribution is 2.60. The normalized spacial score (nSPS) is 20.5. The van der Waals surface area contributed by atoms with Crippen LogP contribution in [0.15, 0.2) is 53.6 Å². The summed E-state index contributed by atoms with van der Waals surface area (Å²) in [6.07, 6.45) is -5.37. The van der Waals surface area contributed by atoms with Gasteiger partial charge < -0.3 is 9.47 Å². The Hall–Kier alpha value is -2.76. The molecule has 3 rings (SSSR count). The van der Waals surface area contributed by atoms with Crippen molar-refractivity contribution < 1.29 is 31.8 Å². The van der Waals surface area contributed by atoms with Gasteiger partial charge in [0.2, 0.25) is 6.10 Å². The molecule has 0 aromatic heterocycles. The van der Waals surface area contributed by atoms with E-state index in [1.807, 2.05) is 0 Å². The first-order valence-electron chi connectivity index (χ1n) is 9.62. The summed E-state index contributed by atoms with van der Waals surface area (Å²) in [6.45, 7) is 3.19. The minimum absolute atomic E-state index is 0.134. The number of halogens is 6. The highest BCUT2D eigenvalue weighted by Gasteiger charge is 2.62. The molecule has 33 heavy (non-hydrogen) atoms. The van der Waals surface area contributed by atoms with Gasteiger partial charge in [0.1, 0.15) is 16.9 Å². The molecule has 3 unspecified atom stereocenters. The van der Waals surface area contributed by atoms with E-state index in [1.165, 1.54) is 24.3 Å². The monoisotopic (exact) mass is 501 g/mol. The van der Waals surface area contributed by atoms with Crippen molar-refractivity contribution in [1.82, 2.24) is 0 Å². The molecule has 0 saturated heterocycles. The summed E-state index contributed by atoms with van der Waals surface area (Å²) in [5.74, 6) is -3.23. The zero-order valence-corrected chi connectivity index (χ0v) is 18.8. The summed E-state index contributed by atoms with van der Waals surface area (Å²) >= 11 is 11.1. The number of ether oxygens (including phenoxy) is 2. The molecular formula is C23H17Cl2F4NO3. The number of carbonyl (C=O) groups is 1.